The van der Waals surface area contributed by atoms with Crippen LogP contribution in [0.4, 0.5) is 5.69 Å². The fourth-order valence-electron chi connectivity index (χ4n) is 3.31. The van der Waals surface area contributed by atoms with Crippen LogP contribution in [0, 0.1) is 0 Å². The van der Waals surface area contributed by atoms with Gasteiger partial charge >= 0.3 is 0 Å². The molecule has 0 aliphatic heterocycles. The van der Waals surface area contributed by atoms with E-state index < -0.39 is 5.91 Å². The Morgan fingerprint density at radius 3 is 2.69 bits per heavy atom. The highest BCUT2D eigenvalue weighted by Crippen LogP contribution is 2.28. The van der Waals surface area contributed by atoms with E-state index >= 15 is 0 Å². The summed E-state index contributed by atoms with van der Waals surface area (Å²) in [6.45, 7) is 0. The first kappa shape index (κ1) is 19.8. The van der Waals surface area contributed by atoms with Crippen LogP contribution in [0.25, 0.3) is 33.5 Å². The number of thiocarbonyl (C=S) groups is 1. The van der Waals surface area contributed by atoms with E-state index in [0.717, 1.165) is 10.9 Å². The number of para-hydroxylation sites is 1. The van der Waals surface area contributed by atoms with Crippen LogP contribution in [0.3, 0.4) is 0 Å². The van der Waals surface area contributed by atoms with Crippen LogP contribution in [0.15, 0.2) is 81.6 Å². The lowest BCUT2D eigenvalue weighted by Gasteiger charge is -2.09. The third-order valence-electron chi connectivity index (χ3n) is 4.84. The summed E-state index contributed by atoms with van der Waals surface area (Å²) in [7, 11) is 1.60. The van der Waals surface area contributed by atoms with Crippen LogP contribution in [-0.2, 0) is 0 Å². The topological polar surface area (TPSA) is 89.5 Å². The Balaban J connectivity index is 1.31. The van der Waals surface area contributed by atoms with Gasteiger partial charge in [0.2, 0.25) is 5.89 Å². The number of furan rings is 1. The molecule has 158 valence electrons. The van der Waals surface area contributed by atoms with Gasteiger partial charge in [0.15, 0.2) is 16.5 Å². The number of benzene rings is 3. The van der Waals surface area contributed by atoms with E-state index in [0.29, 0.717) is 34.0 Å². The van der Waals surface area contributed by atoms with Gasteiger partial charge in [0, 0.05) is 22.7 Å². The lowest BCUT2D eigenvalue weighted by molar-refractivity contribution is 0.0953. The van der Waals surface area contributed by atoms with Gasteiger partial charge in [-0.25, -0.2) is 4.98 Å². The summed E-state index contributed by atoms with van der Waals surface area (Å²) in [5.74, 6) is 0.932. The Hall–Kier alpha value is -4.17. The summed E-state index contributed by atoms with van der Waals surface area (Å²) in [5.41, 5.74) is 3.44. The number of hydrogen-bond acceptors (Lipinski definition) is 6. The van der Waals surface area contributed by atoms with E-state index in [1.54, 1.807) is 19.2 Å². The number of aromatic nitrogens is 1. The van der Waals surface area contributed by atoms with Crippen molar-refractivity contribution in [3.8, 4) is 17.2 Å². The molecule has 5 aromatic rings. The Morgan fingerprint density at radius 2 is 1.84 bits per heavy atom. The minimum Gasteiger partial charge on any atom is -0.497 e. The zero-order chi connectivity index (χ0) is 22.1. The molecule has 7 nitrogen and oxygen atoms in total. The van der Waals surface area contributed by atoms with E-state index in [1.165, 1.54) is 0 Å². The molecule has 2 aromatic heterocycles. The molecular formula is C24H17N3O4S. The van der Waals surface area contributed by atoms with E-state index in [1.807, 2.05) is 60.7 Å². The predicted molar refractivity (Wildman–Crippen MR) is 126 cm³/mol. The van der Waals surface area contributed by atoms with Crippen molar-refractivity contribution in [2.24, 2.45) is 0 Å². The first-order chi connectivity index (χ1) is 15.6. The van der Waals surface area contributed by atoms with Gasteiger partial charge in [0.25, 0.3) is 5.91 Å². The normalized spacial score (nSPS) is 10.9. The third-order valence-corrected chi connectivity index (χ3v) is 5.04. The number of methoxy groups -OCH3 is 1. The molecule has 2 N–H and O–H groups in total. The first-order valence-electron chi connectivity index (χ1n) is 9.75. The number of fused-ring (bicyclic) bond motifs is 2. The van der Waals surface area contributed by atoms with E-state index in [2.05, 4.69) is 15.6 Å². The van der Waals surface area contributed by atoms with Crippen molar-refractivity contribution < 1.29 is 18.4 Å². The summed E-state index contributed by atoms with van der Waals surface area (Å²) in [4.78, 5) is 17.0. The fraction of sp³-hybridized carbons (Fsp3) is 0.0417. The molecule has 0 spiro atoms. The molecule has 2 heterocycles. The third kappa shape index (κ3) is 3.91. The second-order valence-corrected chi connectivity index (χ2v) is 7.40. The molecule has 0 unspecified atom stereocenters. The number of nitrogens with zero attached hydrogens (tertiary/aromatic N) is 1. The van der Waals surface area contributed by atoms with Gasteiger partial charge in [-0.15, -0.1) is 0 Å². The summed E-state index contributed by atoms with van der Waals surface area (Å²) in [6, 6.07) is 21.9. The van der Waals surface area contributed by atoms with Gasteiger partial charge in [-0.05, 0) is 54.7 Å². The Labute approximate surface area is 188 Å². The smallest absolute Gasteiger partial charge is 0.293 e. The van der Waals surface area contributed by atoms with Crippen molar-refractivity contribution in [1.82, 2.24) is 10.3 Å². The average Bonchev–Trinajstić information content (AvgIpc) is 3.43. The summed E-state index contributed by atoms with van der Waals surface area (Å²) >= 11 is 5.30. The lowest BCUT2D eigenvalue weighted by atomic mass is 10.2. The van der Waals surface area contributed by atoms with Crippen molar-refractivity contribution in [1.29, 1.82) is 0 Å². The number of carbonyl (C=O) groups is 1. The summed E-state index contributed by atoms with van der Waals surface area (Å²) < 4.78 is 16.7. The SMILES string of the molecule is COc1ccc2oc(-c3cccc(NC(=S)NC(=O)c4cc5ccccc5o4)c3)nc2c1. The minimum absolute atomic E-state index is 0.148. The average molecular weight is 443 g/mol. The van der Waals surface area contributed by atoms with Crippen LogP contribution in [0.1, 0.15) is 10.6 Å². The number of carbonyl (C=O) groups excluding carboxylic acids is 1. The molecular weight excluding hydrogens is 426 g/mol. The van der Waals surface area contributed by atoms with Gasteiger partial charge < -0.3 is 18.9 Å². The van der Waals surface area contributed by atoms with Gasteiger partial charge in [-0.3, -0.25) is 10.1 Å². The lowest BCUT2D eigenvalue weighted by Crippen LogP contribution is -2.33. The quantitative estimate of drug-likeness (QED) is 0.361. The largest absolute Gasteiger partial charge is 0.497 e. The van der Waals surface area contributed by atoms with Crippen LogP contribution in [0.2, 0.25) is 0 Å². The van der Waals surface area contributed by atoms with E-state index in [-0.39, 0.29) is 10.9 Å². The molecule has 0 radical (unpaired) electrons. The fourth-order valence-corrected chi connectivity index (χ4v) is 3.52. The second-order valence-electron chi connectivity index (χ2n) is 6.99. The number of nitrogens with one attached hydrogen (secondary N) is 2. The molecule has 0 fully saturated rings. The number of anilines is 1. The van der Waals surface area contributed by atoms with Crippen LogP contribution in [0.5, 0.6) is 5.75 Å². The highest BCUT2D eigenvalue weighted by atomic mass is 32.1. The maximum absolute atomic E-state index is 12.5. The molecule has 8 heteroatoms. The number of amides is 1. The standard InChI is InChI=1S/C24H17N3O4S/c1-29-17-9-10-20-18(13-17)26-23(31-20)15-6-4-7-16(11-15)25-24(32)27-22(28)21-12-14-5-2-3-8-19(14)30-21/h2-13H,1H3,(H2,25,27,28,32). The Kier molecular flexibility index (Phi) is 5.04. The van der Waals surface area contributed by atoms with Gasteiger partial charge in [-0.2, -0.15) is 0 Å². The number of rotatable bonds is 4. The van der Waals surface area contributed by atoms with Crippen LogP contribution in [-0.4, -0.2) is 23.1 Å². The highest BCUT2D eigenvalue weighted by Gasteiger charge is 2.14. The van der Waals surface area contributed by atoms with Crippen molar-refractivity contribution in [2.75, 3.05) is 12.4 Å². The molecule has 3 aromatic carbocycles. The van der Waals surface area contributed by atoms with Gasteiger partial charge in [-0.1, -0.05) is 24.3 Å². The number of hydrogen-bond donors (Lipinski definition) is 2. The molecule has 32 heavy (non-hydrogen) atoms. The number of oxazole rings is 1. The first-order valence-corrected chi connectivity index (χ1v) is 10.2. The maximum atomic E-state index is 12.5. The maximum Gasteiger partial charge on any atom is 0.293 e. The summed E-state index contributed by atoms with van der Waals surface area (Å²) in [6.07, 6.45) is 0. The van der Waals surface area contributed by atoms with Crippen molar-refractivity contribution in [3.05, 3.63) is 78.6 Å². The monoisotopic (exact) mass is 443 g/mol. The molecule has 0 bridgehead atoms. The van der Waals surface area contributed by atoms with Crippen LogP contribution >= 0.6 is 12.2 Å². The molecule has 0 saturated carbocycles. The van der Waals surface area contributed by atoms with E-state index in [4.69, 9.17) is 25.8 Å². The van der Waals surface area contributed by atoms with Crippen molar-refractivity contribution in [3.63, 3.8) is 0 Å². The van der Waals surface area contributed by atoms with E-state index in [9.17, 15) is 4.79 Å². The Bertz CT molecular complexity index is 1440. The zero-order valence-electron chi connectivity index (χ0n) is 16.9. The predicted octanol–water partition coefficient (Wildman–Crippen LogP) is 5.38. The highest BCUT2D eigenvalue weighted by molar-refractivity contribution is 7.80. The molecule has 0 saturated heterocycles. The van der Waals surface area contributed by atoms with Crippen LogP contribution < -0.4 is 15.4 Å². The molecule has 0 atom stereocenters. The molecule has 1 amide bonds. The van der Waals surface area contributed by atoms with Gasteiger partial charge in [0.1, 0.15) is 16.8 Å². The minimum atomic E-state index is -0.428. The molecule has 0 aliphatic rings. The molecule has 5 rings (SSSR count). The van der Waals surface area contributed by atoms with Crippen molar-refractivity contribution in [2.45, 2.75) is 0 Å². The zero-order valence-corrected chi connectivity index (χ0v) is 17.7. The van der Waals surface area contributed by atoms with Gasteiger partial charge in [0.05, 0.1) is 7.11 Å². The second kappa shape index (κ2) is 8.16. The summed E-state index contributed by atoms with van der Waals surface area (Å²) in [5, 5.41) is 6.64. The molecule has 0 aliphatic carbocycles. The Morgan fingerprint density at radius 1 is 0.969 bits per heavy atom. The number of ether oxygens (including phenoxy) is 1. The van der Waals surface area contributed by atoms with Crippen molar-refractivity contribution >= 4 is 51.0 Å².